The molecule has 11 heteroatoms. The monoisotopic (exact) mass is 459 g/mol. The zero-order valence-electron chi connectivity index (χ0n) is 15.6. The topological polar surface area (TPSA) is 95.9 Å². The van der Waals surface area contributed by atoms with Crippen molar-refractivity contribution >= 4 is 46.6 Å². The molecule has 2 N–H and O–H groups in total. The number of amides is 1. The van der Waals surface area contributed by atoms with Gasteiger partial charge in [0.25, 0.3) is 0 Å². The summed E-state index contributed by atoms with van der Waals surface area (Å²) in [7, 11) is 0. The molecular formula is C20H12F3N5OS2. The molecule has 2 aromatic carbocycles. The van der Waals surface area contributed by atoms with E-state index >= 15 is 0 Å². The number of para-hydroxylation sites is 1. The molecule has 0 saturated heterocycles. The third-order valence-electron chi connectivity index (χ3n) is 4.34. The fourth-order valence-electron chi connectivity index (χ4n) is 2.92. The number of carbonyl (C=O) groups is 1. The van der Waals surface area contributed by atoms with Gasteiger partial charge in [-0.25, -0.2) is 9.97 Å². The van der Waals surface area contributed by atoms with Crippen LogP contribution in [0.15, 0.2) is 63.6 Å². The fraction of sp³-hybridized carbons (Fsp3) is 0.100. The van der Waals surface area contributed by atoms with E-state index in [0.717, 1.165) is 28.8 Å². The zero-order chi connectivity index (χ0) is 22.2. The van der Waals surface area contributed by atoms with Gasteiger partial charge in [-0.15, -0.1) is 0 Å². The molecule has 1 aliphatic rings. The Morgan fingerprint density at radius 2 is 1.94 bits per heavy atom. The van der Waals surface area contributed by atoms with Crippen LogP contribution in [0.25, 0.3) is 0 Å². The van der Waals surface area contributed by atoms with Gasteiger partial charge in [0.1, 0.15) is 17.5 Å². The highest BCUT2D eigenvalue weighted by molar-refractivity contribution is 8.00. The number of hydrogen-bond acceptors (Lipinski definition) is 7. The van der Waals surface area contributed by atoms with Crippen molar-refractivity contribution < 1.29 is 18.0 Å². The number of halogens is 3. The smallest absolute Gasteiger partial charge is 0.382 e. The summed E-state index contributed by atoms with van der Waals surface area (Å²) in [5, 5.41) is 9.09. The molecule has 1 aliphatic heterocycles. The molecule has 0 radical (unpaired) electrons. The molecule has 156 valence electrons. The molecule has 1 aromatic heterocycles. The van der Waals surface area contributed by atoms with Crippen molar-refractivity contribution in [2.45, 2.75) is 21.1 Å². The second kappa shape index (κ2) is 8.13. The van der Waals surface area contributed by atoms with Crippen molar-refractivity contribution in [1.29, 1.82) is 5.26 Å². The van der Waals surface area contributed by atoms with Gasteiger partial charge >= 0.3 is 6.18 Å². The highest BCUT2D eigenvalue weighted by Gasteiger charge is 2.34. The van der Waals surface area contributed by atoms with E-state index in [4.69, 9.17) is 11.0 Å². The summed E-state index contributed by atoms with van der Waals surface area (Å²) in [5.41, 5.74) is 5.63. The standard InChI is InChI=1S/C20H12F3N5OS2/c21-20(22,23)12-5-6-16-14(7-12)28(13-3-1-2-4-15(13)31-16)17(29)10-30-19-26-9-11(8-24)18(25)27-19/h1-7,9H,10H2,(H2,25,26,27). The van der Waals surface area contributed by atoms with E-state index in [9.17, 15) is 18.0 Å². The van der Waals surface area contributed by atoms with Crippen molar-refractivity contribution in [2.24, 2.45) is 0 Å². The molecule has 1 amide bonds. The Bertz CT molecular complexity index is 1230. The molecule has 0 atom stereocenters. The quantitative estimate of drug-likeness (QED) is 0.441. The number of nitrogens with two attached hydrogens (primary N) is 1. The van der Waals surface area contributed by atoms with Crippen LogP contribution in [-0.4, -0.2) is 21.6 Å². The molecule has 6 nitrogen and oxygen atoms in total. The van der Waals surface area contributed by atoms with E-state index in [1.807, 2.05) is 6.07 Å². The Labute approximate surface area is 183 Å². The van der Waals surface area contributed by atoms with Crippen LogP contribution in [0.2, 0.25) is 0 Å². The lowest BCUT2D eigenvalue weighted by Gasteiger charge is -2.31. The maximum atomic E-state index is 13.3. The minimum absolute atomic E-state index is 0.00710. The normalized spacial score (nSPS) is 12.6. The second-order valence-corrected chi connectivity index (χ2v) is 8.36. The van der Waals surface area contributed by atoms with Crippen molar-refractivity contribution in [3.63, 3.8) is 0 Å². The summed E-state index contributed by atoms with van der Waals surface area (Å²) in [6.07, 6.45) is -3.28. The van der Waals surface area contributed by atoms with Crippen LogP contribution < -0.4 is 10.6 Å². The van der Waals surface area contributed by atoms with E-state index in [1.54, 1.807) is 24.3 Å². The first-order chi connectivity index (χ1) is 14.8. The number of hydrogen-bond donors (Lipinski definition) is 1. The van der Waals surface area contributed by atoms with Crippen LogP contribution in [0.3, 0.4) is 0 Å². The molecule has 0 fully saturated rings. The summed E-state index contributed by atoms with van der Waals surface area (Å²) in [6, 6.07) is 12.2. The van der Waals surface area contributed by atoms with Crippen LogP contribution >= 0.6 is 23.5 Å². The van der Waals surface area contributed by atoms with Crippen LogP contribution in [0.4, 0.5) is 30.4 Å². The molecule has 0 spiro atoms. The van der Waals surface area contributed by atoms with Gasteiger partial charge in [-0.05, 0) is 30.3 Å². The highest BCUT2D eigenvalue weighted by Crippen LogP contribution is 2.49. The lowest BCUT2D eigenvalue weighted by Crippen LogP contribution is -2.30. The third-order valence-corrected chi connectivity index (χ3v) is 6.32. The van der Waals surface area contributed by atoms with E-state index in [-0.39, 0.29) is 28.0 Å². The van der Waals surface area contributed by atoms with Gasteiger partial charge in [0.2, 0.25) is 5.91 Å². The fourth-order valence-corrected chi connectivity index (χ4v) is 4.63. The number of fused-ring (bicyclic) bond motifs is 2. The van der Waals surface area contributed by atoms with Gasteiger partial charge in [-0.1, -0.05) is 35.7 Å². The van der Waals surface area contributed by atoms with Crippen LogP contribution in [-0.2, 0) is 11.0 Å². The van der Waals surface area contributed by atoms with Crippen molar-refractivity contribution in [3.8, 4) is 6.07 Å². The third kappa shape index (κ3) is 4.17. The minimum atomic E-state index is -4.53. The number of nitrogens with zero attached hydrogens (tertiary/aromatic N) is 4. The van der Waals surface area contributed by atoms with Crippen LogP contribution in [0, 0.1) is 11.3 Å². The summed E-state index contributed by atoms with van der Waals surface area (Å²) < 4.78 is 39.9. The van der Waals surface area contributed by atoms with Crippen LogP contribution in [0.1, 0.15) is 11.1 Å². The average molecular weight is 459 g/mol. The Morgan fingerprint density at radius 1 is 1.19 bits per heavy atom. The number of benzene rings is 2. The number of aromatic nitrogens is 2. The summed E-state index contributed by atoms with van der Waals surface area (Å²) >= 11 is 2.29. The van der Waals surface area contributed by atoms with Gasteiger partial charge < -0.3 is 5.73 Å². The number of nitriles is 1. The average Bonchev–Trinajstić information content (AvgIpc) is 2.74. The Kier molecular flexibility index (Phi) is 5.51. The number of anilines is 3. The molecule has 4 rings (SSSR count). The van der Waals surface area contributed by atoms with Gasteiger partial charge in [-0.2, -0.15) is 18.4 Å². The second-order valence-electron chi connectivity index (χ2n) is 6.33. The lowest BCUT2D eigenvalue weighted by atomic mass is 10.1. The van der Waals surface area contributed by atoms with E-state index in [1.165, 1.54) is 28.9 Å². The molecular weight excluding hydrogens is 447 g/mol. The highest BCUT2D eigenvalue weighted by atomic mass is 32.2. The number of thioether (sulfide) groups is 1. The SMILES string of the molecule is N#Cc1cnc(SCC(=O)N2c3ccccc3Sc3ccc(C(F)(F)F)cc32)nc1N. The first-order valence-electron chi connectivity index (χ1n) is 8.74. The van der Waals surface area contributed by atoms with Gasteiger partial charge in [0.05, 0.1) is 28.9 Å². The predicted octanol–water partition coefficient (Wildman–Crippen LogP) is 4.87. The largest absolute Gasteiger partial charge is 0.416 e. The Morgan fingerprint density at radius 3 is 2.65 bits per heavy atom. The lowest BCUT2D eigenvalue weighted by molar-refractivity contribution is -0.137. The van der Waals surface area contributed by atoms with Crippen molar-refractivity contribution in [1.82, 2.24) is 9.97 Å². The van der Waals surface area contributed by atoms with Gasteiger partial charge in [0, 0.05) is 9.79 Å². The Hall–Kier alpha value is -3.23. The molecule has 0 unspecified atom stereocenters. The molecule has 31 heavy (non-hydrogen) atoms. The van der Waals surface area contributed by atoms with Crippen molar-refractivity contribution in [3.05, 3.63) is 59.8 Å². The molecule has 2 heterocycles. The number of rotatable bonds is 3. The van der Waals surface area contributed by atoms with E-state index < -0.39 is 17.6 Å². The van der Waals surface area contributed by atoms with Crippen LogP contribution in [0.5, 0.6) is 0 Å². The molecule has 0 aliphatic carbocycles. The molecule has 0 saturated carbocycles. The van der Waals surface area contributed by atoms with E-state index in [2.05, 4.69) is 9.97 Å². The maximum Gasteiger partial charge on any atom is 0.416 e. The first-order valence-corrected chi connectivity index (χ1v) is 10.5. The summed E-state index contributed by atoms with van der Waals surface area (Å²) in [6.45, 7) is 0. The summed E-state index contributed by atoms with van der Waals surface area (Å²) in [5.74, 6) is -0.586. The molecule has 0 bridgehead atoms. The predicted molar refractivity (Wildman–Crippen MR) is 111 cm³/mol. The van der Waals surface area contributed by atoms with Crippen molar-refractivity contribution in [2.75, 3.05) is 16.4 Å². The van der Waals surface area contributed by atoms with Gasteiger partial charge in [-0.3, -0.25) is 9.69 Å². The summed E-state index contributed by atoms with van der Waals surface area (Å²) in [4.78, 5) is 23.7. The zero-order valence-corrected chi connectivity index (χ0v) is 17.2. The van der Waals surface area contributed by atoms with E-state index in [0.29, 0.717) is 10.6 Å². The minimum Gasteiger partial charge on any atom is -0.382 e. The number of alkyl halides is 3. The first kappa shape index (κ1) is 21.0. The maximum absolute atomic E-state index is 13.3. The number of carbonyl (C=O) groups excluding carboxylic acids is 1. The molecule has 3 aromatic rings. The Balaban J connectivity index is 1.67. The number of nitrogen functional groups attached to an aromatic ring is 1. The van der Waals surface area contributed by atoms with Gasteiger partial charge in [0.15, 0.2) is 5.16 Å².